The third-order valence-electron chi connectivity index (χ3n) is 14.6. The Labute approximate surface area is 551 Å². The van der Waals surface area contributed by atoms with E-state index in [1.165, 1.54) is 77.3 Å². The molecule has 10 aromatic carbocycles. The summed E-state index contributed by atoms with van der Waals surface area (Å²) in [5.74, 6) is 1.11. The van der Waals surface area contributed by atoms with Gasteiger partial charge in [-0.25, -0.2) is 5.43 Å². The molecule has 2 heterocycles. The fourth-order valence-corrected chi connectivity index (χ4v) is 17.7. The summed E-state index contributed by atoms with van der Waals surface area (Å²) >= 11 is 10.5. The van der Waals surface area contributed by atoms with E-state index in [0.717, 1.165) is 39.8 Å². The smallest absolute Gasteiger partial charge is 0.0830 e. The average Bonchev–Trinajstić information content (AvgIpc) is 3.64. The van der Waals surface area contributed by atoms with E-state index in [4.69, 9.17) is 5.10 Å². The number of fused-ring (bicyclic) bond motifs is 4. The molecule has 16 heteroatoms. The van der Waals surface area contributed by atoms with Crippen molar-refractivity contribution in [3.8, 4) is 0 Å². The average molecular weight is 1300 g/mol. The number of anilines is 6. The van der Waals surface area contributed by atoms with Gasteiger partial charge in [0.05, 0.1) is 65.6 Å². The maximum Gasteiger partial charge on any atom is 0.0830 e. The highest BCUT2D eigenvalue weighted by atomic mass is 33.1. The molecule has 0 aliphatic carbocycles. The second kappa shape index (κ2) is 30.5. The highest BCUT2D eigenvalue weighted by Gasteiger charge is 2.25. The van der Waals surface area contributed by atoms with Crippen LogP contribution in [0.5, 0.6) is 0 Å². The van der Waals surface area contributed by atoms with Crippen molar-refractivity contribution in [1.82, 2.24) is 5.43 Å². The maximum absolute atomic E-state index is 11.4. The van der Waals surface area contributed by atoms with Gasteiger partial charge in [-0.05, 0) is 195 Å². The summed E-state index contributed by atoms with van der Waals surface area (Å²) in [5.41, 5.74) is 12.8. The van der Waals surface area contributed by atoms with Gasteiger partial charge in [-0.2, -0.15) is 5.10 Å². The monoisotopic (exact) mass is 1300 g/mol. The van der Waals surface area contributed by atoms with Crippen LogP contribution in [-0.4, -0.2) is 66.3 Å². The summed E-state index contributed by atoms with van der Waals surface area (Å²) in [6.45, 7) is 7.66. The summed E-state index contributed by atoms with van der Waals surface area (Å²) in [5, 5.41) is 31.6. The van der Waals surface area contributed by atoms with Crippen LogP contribution in [0, 0.1) is 0 Å². The standard InChI is InChI=1S/C72H66N6O2S8/c1-3-75-65-19-11-13-21-69(65)85-71-43-51(23-41-67(71)75)45-73-77(53-15-7-5-8-16-53)47-55(79)49-81-57-25-29-59(30-26-57)83-61-33-37-63(38-34-61)87-88-64-39-35-62(36-40-64)84-60-31-27-58(28-32-60)82-50-56(80)48-78(54-17-9-6-10-18-54)74-46-52-24-42-68-72(44-52)86-70-22-14-12-20-66(70)76(68)4-2/h5-45,55-56,74,79-80H,3-4,46-50H2,1-2H3. The number of aliphatic hydroxyl groups is 2. The lowest BCUT2D eigenvalue weighted by atomic mass is 10.1. The van der Waals surface area contributed by atoms with Crippen LogP contribution in [0.1, 0.15) is 25.0 Å². The predicted octanol–water partition coefficient (Wildman–Crippen LogP) is 19.7. The molecule has 0 amide bonds. The second-order valence-electron chi connectivity index (χ2n) is 20.8. The number of nitrogens with zero attached hydrogens (tertiary/aromatic N) is 5. The molecule has 88 heavy (non-hydrogen) atoms. The molecule has 8 nitrogen and oxygen atoms in total. The molecule has 0 aromatic heterocycles. The highest BCUT2D eigenvalue weighted by molar-refractivity contribution is 8.76. The minimum absolute atomic E-state index is 0.366. The Hall–Kier alpha value is -6.25. The Kier molecular flexibility index (Phi) is 21.5. The zero-order chi connectivity index (χ0) is 60.0. The van der Waals surface area contributed by atoms with E-state index in [1.807, 2.05) is 71.5 Å². The number of hydrogen-bond acceptors (Lipinski definition) is 16. The Morgan fingerprint density at radius 3 is 1.38 bits per heavy atom. The first kappa shape index (κ1) is 62.0. The van der Waals surface area contributed by atoms with E-state index < -0.39 is 12.2 Å². The number of para-hydroxylation sites is 4. The SMILES string of the molecule is CCN1c2ccccc2Sc2cc(C=NN(CC(O)CSc3ccc(Sc4ccc(SSc5ccc(Sc6ccc(SCC(O)CN(NCc7ccc8c(c7)Sc7ccccc7N8CC)c7ccccc7)cc6)cc5)cc4)cc3)c3ccccc3)ccc21. The van der Waals surface area contributed by atoms with Crippen LogP contribution in [0.3, 0.4) is 0 Å². The molecular formula is C72H66N6O2S8. The summed E-state index contributed by atoms with van der Waals surface area (Å²) in [6.07, 6.45) is 0.740. The zero-order valence-electron chi connectivity index (χ0n) is 48.7. The maximum atomic E-state index is 11.4. The van der Waals surface area contributed by atoms with Gasteiger partial charge in [-0.3, -0.25) is 5.01 Å². The minimum atomic E-state index is -0.606. The Morgan fingerprint density at radius 1 is 0.443 bits per heavy atom. The van der Waals surface area contributed by atoms with Crippen molar-refractivity contribution in [2.75, 3.05) is 57.5 Å². The molecule has 0 fully saturated rings. The van der Waals surface area contributed by atoms with Gasteiger partial charge in [0.15, 0.2) is 0 Å². The second-order valence-corrected chi connectivity index (χ2v) is 29.7. The molecule has 10 aromatic rings. The Bertz CT molecular complexity index is 3930. The predicted molar refractivity (Wildman–Crippen MR) is 381 cm³/mol. The van der Waals surface area contributed by atoms with Crippen molar-refractivity contribution >= 4 is 132 Å². The van der Waals surface area contributed by atoms with Gasteiger partial charge in [0.25, 0.3) is 0 Å². The number of nitrogens with one attached hydrogen (secondary N) is 1. The lowest BCUT2D eigenvalue weighted by Crippen LogP contribution is -2.43. The molecule has 2 aliphatic rings. The van der Waals surface area contributed by atoms with Crippen molar-refractivity contribution in [3.05, 3.63) is 254 Å². The van der Waals surface area contributed by atoms with Gasteiger partial charge in [0.1, 0.15) is 0 Å². The van der Waals surface area contributed by atoms with Crippen molar-refractivity contribution in [2.24, 2.45) is 5.10 Å². The Balaban J connectivity index is 0.564. The highest BCUT2D eigenvalue weighted by Crippen LogP contribution is 2.50. The van der Waals surface area contributed by atoms with E-state index in [1.54, 1.807) is 80.4 Å². The summed E-state index contributed by atoms with van der Waals surface area (Å²) < 4.78 is 0. The molecule has 3 N–H and O–H groups in total. The molecule has 2 aliphatic heterocycles. The lowest BCUT2D eigenvalue weighted by molar-refractivity contribution is 0.200. The summed E-state index contributed by atoms with van der Waals surface area (Å²) in [6, 6.07) is 85.6. The van der Waals surface area contributed by atoms with Crippen LogP contribution < -0.4 is 25.2 Å². The molecule has 0 radical (unpaired) electrons. The third kappa shape index (κ3) is 16.2. The molecule has 0 bridgehead atoms. The van der Waals surface area contributed by atoms with Gasteiger partial charge < -0.3 is 25.0 Å². The van der Waals surface area contributed by atoms with Gasteiger partial charge in [0.2, 0.25) is 0 Å². The number of hydrogen-bond donors (Lipinski definition) is 3. The molecule has 12 rings (SSSR count). The molecule has 0 saturated carbocycles. The largest absolute Gasteiger partial charge is 0.390 e. The van der Waals surface area contributed by atoms with Gasteiger partial charge in [0, 0.05) is 89.9 Å². The van der Waals surface area contributed by atoms with Crippen molar-refractivity contribution in [3.63, 3.8) is 0 Å². The van der Waals surface area contributed by atoms with Crippen LogP contribution in [0.2, 0.25) is 0 Å². The normalized spacial score (nSPS) is 13.1. The van der Waals surface area contributed by atoms with Crippen LogP contribution >= 0.6 is 92.2 Å². The minimum Gasteiger partial charge on any atom is -0.390 e. The van der Waals surface area contributed by atoms with E-state index in [0.29, 0.717) is 31.1 Å². The Morgan fingerprint density at radius 2 is 0.864 bits per heavy atom. The van der Waals surface area contributed by atoms with Crippen molar-refractivity contribution in [1.29, 1.82) is 0 Å². The van der Waals surface area contributed by atoms with Gasteiger partial charge in [-0.15, -0.1) is 23.5 Å². The lowest BCUT2D eigenvalue weighted by Gasteiger charge is -2.32. The van der Waals surface area contributed by atoms with E-state index in [-0.39, 0.29) is 0 Å². The number of hydrazine groups is 1. The first-order valence-corrected chi connectivity index (χ1v) is 36.7. The molecule has 444 valence electrons. The van der Waals surface area contributed by atoms with E-state index in [9.17, 15) is 10.2 Å². The van der Waals surface area contributed by atoms with Crippen molar-refractivity contribution < 1.29 is 10.2 Å². The molecule has 0 spiro atoms. The fourth-order valence-electron chi connectivity index (χ4n) is 10.2. The van der Waals surface area contributed by atoms with Crippen molar-refractivity contribution in [2.45, 2.75) is 91.3 Å². The summed E-state index contributed by atoms with van der Waals surface area (Å²) in [4.78, 5) is 19.1. The molecule has 0 saturated heterocycles. The van der Waals surface area contributed by atoms with Gasteiger partial charge >= 0.3 is 0 Å². The molecule has 2 atom stereocenters. The number of hydrazone groups is 1. The summed E-state index contributed by atoms with van der Waals surface area (Å²) in [7, 11) is 3.53. The number of aliphatic hydroxyl groups excluding tert-OH is 2. The topological polar surface area (TPSA) is 77.8 Å². The van der Waals surface area contributed by atoms with Crippen LogP contribution in [0.4, 0.5) is 34.1 Å². The third-order valence-corrected chi connectivity index (χ3v) is 23.6. The number of rotatable bonds is 26. The van der Waals surface area contributed by atoms with Crippen LogP contribution in [0.15, 0.2) is 307 Å². The van der Waals surface area contributed by atoms with Gasteiger partial charge in [-0.1, -0.05) is 141 Å². The molecular weight excluding hydrogens is 1240 g/mol. The zero-order valence-corrected chi connectivity index (χ0v) is 55.2. The van der Waals surface area contributed by atoms with E-state index in [2.05, 4.69) is 228 Å². The van der Waals surface area contributed by atoms with Crippen LogP contribution in [-0.2, 0) is 6.54 Å². The van der Waals surface area contributed by atoms with E-state index >= 15 is 0 Å². The molecule has 2 unspecified atom stereocenters. The first-order chi connectivity index (χ1) is 43.3. The quantitative estimate of drug-likeness (QED) is 0.0208. The first-order valence-electron chi connectivity index (χ1n) is 29.3. The number of benzene rings is 10. The van der Waals surface area contributed by atoms with Crippen LogP contribution in [0.25, 0.3) is 0 Å². The number of thioether (sulfide) groups is 2. The fraction of sp³-hybridized carbons (Fsp3) is 0.153.